The predicted octanol–water partition coefficient (Wildman–Crippen LogP) is 3.53. The molecule has 0 radical (unpaired) electrons. The summed E-state index contributed by atoms with van der Waals surface area (Å²) in [4.78, 5) is 16.1. The summed E-state index contributed by atoms with van der Waals surface area (Å²) in [5.41, 5.74) is 12.4. The zero-order chi connectivity index (χ0) is 17.6. The predicted molar refractivity (Wildman–Crippen MR) is 101 cm³/mol. The van der Waals surface area contributed by atoms with E-state index in [1.807, 2.05) is 43.8 Å². The number of hydrogen-bond acceptors (Lipinski definition) is 5. The number of thiazole rings is 1. The Balaban J connectivity index is 1.90. The highest BCUT2D eigenvalue weighted by atomic mass is 32.1. The standard InChI is InChI=1S/C18H17N5OS/c1-10(2)22-17-13(18(19)24)7-21-23-8-12(5-15(17)23)11-3-4-14-16(6-11)25-9-20-14/h3-10,22H,1-2H3,(H2,19,24). The van der Waals surface area contributed by atoms with Crippen molar-refractivity contribution in [2.24, 2.45) is 5.73 Å². The minimum Gasteiger partial charge on any atom is -0.380 e. The Morgan fingerprint density at radius 2 is 2.12 bits per heavy atom. The van der Waals surface area contributed by atoms with E-state index in [4.69, 9.17) is 5.73 Å². The van der Waals surface area contributed by atoms with Crippen LogP contribution in [-0.4, -0.2) is 26.5 Å². The third-order valence-corrected chi connectivity index (χ3v) is 4.79. The lowest BCUT2D eigenvalue weighted by Gasteiger charge is -2.14. The van der Waals surface area contributed by atoms with Gasteiger partial charge in [0.2, 0.25) is 0 Å². The molecule has 3 N–H and O–H groups in total. The van der Waals surface area contributed by atoms with Crippen LogP contribution in [0.25, 0.3) is 26.9 Å². The molecule has 0 bridgehead atoms. The van der Waals surface area contributed by atoms with E-state index in [-0.39, 0.29) is 6.04 Å². The summed E-state index contributed by atoms with van der Waals surface area (Å²) in [6.45, 7) is 4.03. The molecule has 4 rings (SSSR count). The SMILES string of the molecule is CC(C)Nc1c(C(N)=O)cnn2cc(-c3ccc4ncsc4c3)cc12. The van der Waals surface area contributed by atoms with Gasteiger partial charge in [0.15, 0.2) is 0 Å². The molecule has 25 heavy (non-hydrogen) atoms. The summed E-state index contributed by atoms with van der Waals surface area (Å²) in [5, 5.41) is 7.65. The van der Waals surface area contributed by atoms with Crippen LogP contribution < -0.4 is 11.1 Å². The summed E-state index contributed by atoms with van der Waals surface area (Å²) in [6.07, 6.45) is 3.46. The number of aromatic nitrogens is 3. The lowest BCUT2D eigenvalue weighted by molar-refractivity contribution is 0.100. The van der Waals surface area contributed by atoms with E-state index < -0.39 is 5.91 Å². The maximum absolute atomic E-state index is 11.8. The smallest absolute Gasteiger partial charge is 0.252 e. The van der Waals surface area contributed by atoms with Gasteiger partial charge in [-0.25, -0.2) is 9.50 Å². The minimum absolute atomic E-state index is 0.163. The highest BCUT2D eigenvalue weighted by Crippen LogP contribution is 2.31. The zero-order valence-electron chi connectivity index (χ0n) is 13.9. The lowest BCUT2D eigenvalue weighted by atomic mass is 10.1. The third-order valence-electron chi connectivity index (χ3n) is 4.00. The van der Waals surface area contributed by atoms with E-state index in [0.29, 0.717) is 11.3 Å². The minimum atomic E-state index is -0.494. The van der Waals surface area contributed by atoms with Crippen LogP contribution in [0.4, 0.5) is 5.69 Å². The van der Waals surface area contributed by atoms with Gasteiger partial charge in [-0.2, -0.15) is 5.10 Å². The summed E-state index contributed by atoms with van der Waals surface area (Å²) < 4.78 is 2.91. The van der Waals surface area contributed by atoms with E-state index in [9.17, 15) is 4.79 Å². The number of fused-ring (bicyclic) bond motifs is 2. The summed E-state index contributed by atoms with van der Waals surface area (Å²) in [5.74, 6) is -0.494. The Hall–Kier alpha value is -2.93. The van der Waals surface area contributed by atoms with Crippen molar-refractivity contribution in [1.82, 2.24) is 14.6 Å². The number of amides is 1. The highest BCUT2D eigenvalue weighted by Gasteiger charge is 2.16. The molecule has 7 heteroatoms. The molecular formula is C18H17N5OS. The number of rotatable bonds is 4. The van der Waals surface area contributed by atoms with Crippen molar-refractivity contribution < 1.29 is 4.79 Å². The molecule has 0 aliphatic carbocycles. The van der Waals surface area contributed by atoms with Crippen molar-refractivity contribution >= 4 is 38.7 Å². The number of primary amides is 1. The first kappa shape index (κ1) is 15.6. The maximum atomic E-state index is 11.8. The molecule has 0 aliphatic rings. The van der Waals surface area contributed by atoms with Crippen LogP contribution in [0, 0.1) is 0 Å². The molecule has 0 fully saturated rings. The van der Waals surface area contributed by atoms with Crippen LogP contribution in [0.1, 0.15) is 24.2 Å². The number of nitrogens with one attached hydrogen (secondary N) is 1. The fourth-order valence-electron chi connectivity index (χ4n) is 2.88. The first-order valence-electron chi connectivity index (χ1n) is 7.94. The van der Waals surface area contributed by atoms with Crippen molar-refractivity contribution in [2.75, 3.05) is 5.32 Å². The second-order valence-corrected chi connectivity index (χ2v) is 7.08. The van der Waals surface area contributed by atoms with Crippen LogP contribution in [0.5, 0.6) is 0 Å². The van der Waals surface area contributed by atoms with Crippen LogP contribution in [0.15, 0.2) is 42.2 Å². The number of anilines is 1. The summed E-state index contributed by atoms with van der Waals surface area (Å²) >= 11 is 1.61. The summed E-state index contributed by atoms with van der Waals surface area (Å²) in [7, 11) is 0. The van der Waals surface area contributed by atoms with E-state index in [1.165, 1.54) is 6.20 Å². The molecule has 6 nitrogen and oxygen atoms in total. The Morgan fingerprint density at radius 1 is 1.28 bits per heavy atom. The van der Waals surface area contributed by atoms with E-state index in [1.54, 1.807) is 15.9 Å². The average Bonchev–Trinajstić information content (AvgIpc) is 3.20. The van der Waals surface area contributed by atoms with Gasteiger partial charge < -0.3 is 11.1 Å². The number of nitrogens with zero attached hydrogens (tertiary/aromatic N) is 3. The van der Waals surface area contributed by atoms with E-state index in [2.05, 4.69) is 21.5 Å². The molecule has 126 valence electrons. The highest BCUT2D eigenvalue weighted by molar-refractivity contribution is 7.16. The van der Waals surface area contributed by atoms with Gasteiger partial charge in [0.25, 0.3) is 5.91 Å². The fraction of sp³-hybridized carbons (Fsp3) is 0.167. The van der Waals surface area contributed by atoms with Gasteiger partial charge in [0.1, 0.15) is 0 Å². The number of hydrogen-bond donors (Lipinski definition) is 2. The van der Waals surface area contributed by atoms with Gasteiger partial charge in [0, 0.05) is 17.8 Å². The van der Waals surface area contributed by atoms with Gasteiger partial charge in [0.05, 0.1) is 38.7 Å². The normalized spacial score (nSPS) is 11.5. The topological polar surface area (TPSA) is 85.3 Å². The molecule has 3 heterocycles. The molecule has 0 saturated heterocycles. The van der Waals surface area contributed by atoms with Crippen LogP contribution in [-0.2, 0) is 0 Å². The van der Waals surface area contributed by atoms with Crippen molar-refractivity contribution in [2.45, 2.75) is 19.9 Å². The largest absolute Gasteiger partial charge is 0.380 e. The molecule has 1 amide bonds. The van der Waals surface area contributed by atoms with Gasteiger partial charge in [-0.05, 0) is 37.6 Å². The lowest BCUT2D eigenvalue weighted by Crippen LogP contribution is -2.19. The Morgan fingerprint density at radius 3 is 2.88 bits per heavy atom. The first-order valence-corrected chi connectivity index (χ1v) is 8.82. The van der Waals surface area contributed by atoms with Crippen LogP contribution >= 0.6 is 11.3 Å². The first-order chi connectivity index (χ1) is 12.0. The molecule has 0 aliphatic heterocycles. The summed E-state index contributed by atoms with van der Waals surface area (Å²) in [6, 6.07) is 8.36. The average molecular weight is 351 g/mol. The van der Waals surface area contributed by atoms with Gasteiger partial charge in [-0.15, -0.1) is 11.3 Å². The van der Waals surface area contributed by atoms with Crippen molar-refractivity contribution in [3.8, 4) is 11.1 Å². The second-order valence-electron chi connectivity index (χ2n) is 6.19. The Bertz CT molecular complexity index is 1100. The number of nitrogens with two attached hydrogens (primary N) is 1. The molecule has 0 saturated carbocycles. The van der Waals surface area contributed by atoms with Crippen molar-refractivity contribution in [3.05, 3.63) is 47.7 Å². The molecule has 0 spiro atoms. The van der Waals surface area contributed by atoms with Gasteiger partial charge in [-0.3, -0.25) is 4.79 Å². The Labute approximate surface area is 148 Å². The number of benzene rings is 1. The maximum Gasteiger partial charge on any atom is 0.252 e. The van der Waals surface area contributed by atoms with Gasteiger partial charge in [-0.1, -0.05) is 6.07 Å². The van der Waals surface area contributed by atoms with E-state index >= 15 is 0 Å². The van der Waals surface area contributed by atoms with Crippen molar-refractivity contribution in [1.29, 1.82) is 0 Å². The molecular weight excluding hydrogens is 334 g/mol. The monoisotopic (exact) mass is 351 g/mol. The molecule has 1 aromatic carbocycles. The molecule has 3 aromatic heterocycles. The quantitative estimate of drug-likeness (QED) is 0.589. The third kappa shape index (κ3) is 2.72. The zero-order valence-corrected chi connectivity index (χ0v) is 14.7. The van der Waals surface area contributed by atoms with Gasteiger partial charge >= 0.3 is 0 Å². The second kappa shape index (κ2) is 5.86. The van der Waals surface area contributed by atoms with E-state index in [0.717, 1.165) is 26.9 Å². The number of carbonyl (C=O) groups is 1. The van der Waals surface area contributed by atoms with Crippen LogP contribution in [0.2, 0.25) is 0 Å². The van der Waals surface area contributed by atoms with Crippen LogP contribution in [0.3, 0.4) is 0 Å². The Kier molecular flexibility index (Phi) is 3.65. The van der Waals surface area contributed by atoms with Crippen molar-refractivity contribution in [3.63, 3.8) is 0 Å². The molecule has 4 aromatic rings. The molecule has 0 unspecified atom stereocenters. The fourth-order valence-corrected chi connectivity index (χ4v) is 3.59. The number of carbonyl (C=O) groups excluding carboxylic acids is 1. The molecule has 0 atom stereocenters.